The zero-order chi connectivity index (χ0) is 10.8. The van der Waals surface area contributed by atoms with Crippen LogP contribution in [-0.2, 0) is 0 Å². The predicted octanol–water partition coefficient (Wildman–Crippen LogP) is 1.93. The van der Waals surface area contributed by atoms with Crippen LogP contribution in [-0.4, -0.2) is 27.8 Å². The number of hydrogen-bond acceptors (Lipinski definition) is 3. The van der Waals surface area contributed by atoms with Gasteiger partial charge >= 0.3 is 0 Å². The molecule has 0 spiro atoms. The van der Waals surface area contributed by atoms with Crippen LogP contribution in [0.5, 0.6) is 0 Å². The van der Waals surface area contributed by atoms with E-state index in [0.717, 1.165) is 18.6 Å². The van der Waals surface area contributed by atoms with Crippen molar-refractivity contribution in [3.8, 4) is 0 Å². The van der Waals surface area contributed by atoms with Gasteiger partial charge in [0.05, 0.1) is 5.60 Å². The Balaban J connectivity index is 2.40. The zero-order valence-corrected chi connectivity index (χ0v) is 10.1. The van der Waals surface area contributed by atoms with Crippen LogP contribution in [0.1, 0.15) is 33.6 Å². The van der Waals surface area contributed by atoms with Crippen molar-refractivity contribution in [3.63, 3.8) is 0 Å². The van der Waals surface area contributed by atoms with E-state index >= 15 is 0 Å². The molecule has 0 saturated carbocycles. The van der Waals surface area contributed by atoms with Gasteiger partial charge in [-0.2, -0.15) is 11.8 Å². The summed E-state index contributed by atoms with van der Waals surface area (Å²) in [7, 11) is 0. The van der Waals surface area contributed by atoms with Crippen molar-refractivity contribution in [3.05, 3.63) is 11.6 Å². The zero-order valence-electron chi connectivity index (χ0n) is 9.29. The second kappa shape index (κ2) is 4.69. The van der Waals surface area contributed by atoms with Crippen LogP contribution >= 0.6 is 11.8 Å². The molecule has 3 heteroatoms. The maximum atomic E-state index is 9.61. The van der Waals surface area contributed by atoms with Crippen molar-refractivity contribution in [1.29, 1.82) is 0 Å². The van der Waals surface area contributed by atoms with Crippen molar-refractivity contribution >= 4 is 11.8 Å². The number of hydrogen-bond donors (Lipinski definition) is 2. The second-order valence-electron chi connectivity index (χ2n) is 4.79. The molecule has 0 fully saturated rings. The molecule has 0 aromatic carbocycles. The molecule has 0 aromatic rings. The molecule has 0 aliphatic heterocycles. The van der Waals surface area contributed by atoms with Gasteiger partial charge in [0.2, 0.25) is 0 Å². The molecule has 82 valence electrons. The van der Waals surface area contributed by atoms with Crippen LogP contribution in [0.2, 0.25) is 0 Å². The van der Waals surface area contributed by atoms with Crippen molar-refractivity contribution in [2.24, 2.45) is 5.73 Å². The van der Waals surface area contributed by atoms with Crippen LogP contribution in [0.4, 0.5) is 0 Å². The first kappa shape index (κ1) is 12.1. The summed E-state index contributed by atoms with van der Waals surface area (Å²) in [6.07, 6.45) is 4.45. The Labute approximate surface area is 91.0 Å². The predicted molar refractivity (Wildman–Crippen MR) is 63.5 cm³/mol. The second-order valence-corrected chi connectivity index (χ2v) is 6.02. The van der Waals surface area contributed by atoms with Crippen LogP contribution in [0.25, 0.3) is 0 Å². The van der Waals surface area contributed by atoms with Crippen molar-refractivity contribution < 1.29 is 5.11 Å². The van der Waals surface area contributed by atoms with Gasteiger partial charge in [0.15, 0.2) is 0 Å². The van der Waals surface area contributed by atoms with Gasteiger partial charge in [-0.15, -0.1) is 0 Å². The highest BCUT2D eigenvalue weighted by atomic mass is 32.2. The molecule has 1 aliphatic rings. The average Bonchev–Trinajstić information content (AvgIpc) is 2.00. The van der Waals surface area contributed by atoms with Gasteiger partial charge in [0.1, 0.15) is 0 Å². The number of thioether (sulfide) groups is 1. The van der Waals surface area contributed by atoms with E-state index in [9.17, 15) is 5.11 Å². The fraction of sp³-hybridized carbons (Fsp3) is 0.818. The first-order valence-electron chi connectivity index (χ1n) is 5.15. The Kier molecular flexibility index (Phi) is 4.04. The fourth-order valence-electron chi connectivity index (χ4n) is 1.59. The molecular weight excluding hydrogens is 194 g/mol. The summed E-state index contributed by atoms with van der Waals surface area (Å²) < 4.78 is 0. The van der Waals surface area contributed by atoms with Gasteiger partial charge in [-0.1, -0.05) is 11.6 Å². The van der Waals surface area contributed by atoms with Crippen LogP contribution in [0, 0.1) is 0 Å². The molecule has 1 aliphatic carbocycles. The van der Waals surface area contributed by atoms with Crippen LogP contribution in [0.3, 0.4) is 0 Å². The molecule has 1 unspecified atom stereocenters. The number of nitrogens with two attached hydrogens (primary N) is 1. The van der Waals surface area contributed by atoms with Crippen molar-refractivity contribution in [2.45, 2.75) is 50.5 Å². The summed E-state index contributed by atoms with van der Waals surface area (Å²) in [6.45, 7) is 5.82. The number of aliphatic hydroxyl groups is 1. The molecular formula is C11H21NOS. The van der Waals surface area contributed by atoms with Gasteiger partial charge in [-0.3, -0.25) is 0 Å². The quantitative estimate of drug-likeness (QED) is 0.707. The highest BCUT2D eigenvalue weighted by Crippen LogP contribution is 2.28. The largest absolute Gasteiger partial charge is 0.390 e. The van der Waals surface area contributed by atoms with Gasteiger partial charge in [0, 0.05) is 17.0 Å². The molecule has 1 rings (SSSR count). The Bertz CT molecular complexity index is 220. The van der Waals surface area contributed by atoms with Crippen LogP contribution in [0.15, 0.2) is 11.6 Å². The van der Waals surface area contributed by atoms with Crippen molar-refractivity contribution in [2.75, 3.05) is 5.75 Å². The number of allylic oxidation sites excluding steroid dienone is 1. The van der Waals surface area contributed by atoms with Gasteiger partial charge < -0.3 is 10.8 Å². The molecule has 0 bridgehead atoms. The Morgan fingerprint density at radius 3 is 2.79 bits per heavy atom. The minimum atomic E-state index is -0.583. The molecule has 0 aromatic heterocycles. The first-order chi connectivity index (χ1) is 6.38. The molecule has 2 atom stereocenters. The first-order valence-corrected chi connectivity index (χ1v) is 6.20. The smallest absolute Gasteiger partial charge is 0.0681 e. The van der Waals surface area contributed by atoms with E-state index in [1.165, 1.54) is 5.57 Å². The van der Waals surface area contributed by atoms with Gasteiger partial charge in [0.25, 0.3) is 0 Å². The normalized spacial score (nSPS) is 28.8. The van der Waals surface area contributed by atoms with E-state index in [1.54, 1.807) is 11.8 Å². The van der Waals surface area contributed by atoms with E-state index in [-0.39, 0.29) is 6.04 Å². The summed E-state index contributed by atoms with van der Waals surface area (Å²) in [5.74, 6) is 0.762. The summed E-state index contributed by atoms with van der Waals surface area (Å²) >= 11 is 1.79. The maximum absolute atomic E-state index is 9.61. The van der Waals surface area contributed by atoms with Crippen LogP contribution < -0.4 is 5.73 Å². The lowest BCUT2D eigenvalue weighted by Crippen LogP contribution is -2.35. The highest BCUT2D eigenvalue weighted by molar-refractivity contribution is 8.00. The van der Waals surface area contributed by atoms with E-state index in [4.69, 9.17) is 5.73 Å². The Morgan fingerprint density at radius 1 is 1.64 bits per heavy atom. The third-order valence-corrected chi connectivity index (χ3v) is 4.23. The van der Waals surface area contributed by atoms with E-state index in [0.29, 0.717) is 5.25 Å². The topological polar surface area (TPSA) is 46.2 Å². The summed E-state index contributed by atoms with van der Waals surface area (Å²) in [5, 5.41) is 10.1. The summed E-state index contributed by atoms with van der Waals surface area (Å²) in [5.41, 5.74) is 6.84. The Hall–Kier alpha value is 0.01000. The fourth-order valence-corrected chi connectivity index (χ4v) is 2.79. The lowest BCUT2D eigenvalue weighted by Gasteiger charge is -2.28. The number of rotatable bonds is 3. The maximum Gasteiger partial charge on any atom is 0.0681 e. The summed E-state index contributed by atoms with van der Waals surface area (Å²) in [6, 6.07) is 0.163. The standard InChI is InChI=1S/C11H21NOS/c1-8-4-5-10(9(12)6-8)14-7-11(2,3)13/h6,9-10,13H,4-5,7,12H2,1-3H3/t9-,10?/m1/s1. The molecule has 0 radical (unpaired) electrons. The van der Waals surface area contributed by atoms with E-state index < -0.39 is 5.60 Å². The third-order valence-electron chi connectivity index (χ3n) is 2.38. The Morgan fingerprint density at radius 2 is 2.29 bits per heavy atom. The van der Waals surface area contributed by atoms with E-state index in [2.05, 4.69) is 13.0 Å². The van der Waals surface area contributed by atoms with Crippen molar-refractivity contribution in [1.82, 2.24) is 0 Å². The molecule has 3 N–H and O–H groups in total. The lowest BCUT2D eigenvalue weighted by molar-refractivity contribution is 0.107. The van der Waals surface area contributed by atoms with E-state index in [1.807, 2.05) is 13.8 Å². The molecule has 0 heterocycles. The molecule has 0 amide bonds. The average molecular weight is 215 g/mol. The third kappa shape index (κ3) is 4.03. The monoisotopic (exact) mass is 215 g/mol. The van der Waals surface area contributed by atoms with Gasteiger partial charge in [-0.05, 0) is 33.6 Å². The minimum Gasteiger partial charge on any atom is -0.390 e. The summed E-state index contributed by atoms with van der Waals surface area (Å²) in [4.78, 5) is 0. The highest BCUT2D eigenvalue weighted by Gasteiger charge is 2.23. The molecule has 2 nitrogen and oxygen atoms in total. The van der Waals surface area contributed by atoms with Gasteiger partial charge in [-0.25, -0.2) is 0 Å². The lowest BCUT2D eigenvalue weighted by atomic mass is 9.97. The SMILES string of the molecule is CC1=C[C@@H](N)C(SCC(C)(C)O)CC1. The molecule has 0 saturated heterocycles. The molecule has 14 heavy (non-hydrogen) atoms. The minimum absolute atomic E-state index is 0.163.